The van der Waals surface area contributed by atoms with Crippen LogP contribution in [0.15, 0.2) is 16.7 Å². The van der Waals surface area contributed by atoms with Crippen LogP contribution < -0.4 is 5.32 Å². The highest BCUT2D eigenvalue weighted by atomic mass is 79.9. The molecule has 2 nitrogen and oxygen atoms in total. The van der Waals surface area contributed by atoms with Gasteiger partial charge in [0.15, 0.2) is 0 Å². The molecule has 0 bridgehead atoms. The molecule has 8 heteroatoms. The number of rotatable bonds is 5. The van der Waals surface area contributed by atoms with E-state index >= 15 is 0 Å². The first-order valence-electron chi connectivity index (χ1n) is 5.41. The van der Waals surface area contributed by atoms with Gasteiger partial charge in [-0.1, -0.05) is 6.92 Å². The van der Waals surface area contributed by atoms with Gasteiger partial charge in [0.1, 0.15) is 5.82 Å². The first kappa shape index (κ1) is 16.9. The normalized spacial score (nSPS) is 12.6. The molecule has 1 aromatic rings. The van der Waals surface area contributed by atoms with E-state index in [4.69, 9.17) is 23.2 Å². The van der Waals surface area contributed by atoms with Gasteiger partial charge < -0.3 is 5.32 Å². The summed E-state index contributed by atoms with van der Waals surface area (Å²) in [6.45, 7) is 1.80. The van der Waals surface area contributed by atoms with E-state index in [1.54, 1.807) is 6.92 Å². The van der Waals surface area contributed by atoms with Gasteiger partial charge in [-0.2, -0.15) is 13.2 Å². The van der Waals surface area contributed by atoms with Crippen LogP contribution in [-0.2, 0) is 6.18 Å². The van der Waals surface area contributed by atoms with Crippen LogP contribution in [0.3, 0.4) is 0 Å². The number of aromatic nitrogens is 1. The van der Waals surface area contributed by atoms with E-state index in [9.17, 15) is 13.2 Å². The first-order chi connectivity index (χ1) is 8.78. The zero-order chi connectivity index (χ0) is 14.7. The highest BCUT2D eigenvalue weighted by Crippen LogP contribution is 2.36. The number of alkyl halides is 5. The molecule has 0 aliphatic rings. The number of pyridine rings is 1. The summed E-state index contributed by atoms with van der Waals surface area (Å²) in [5.74, 6) is -0.0942. The molecule has 19 heavy (non-hydrogen) atoms. The maximum atomic E-state index is 12.9. The summed E-state index contributed by atoms with van der Waals surface area (Å²) in [5.41, 5.74) is -1.67. The minimum atomic E-state index is -4.50. The molecule has 1 rings (SSSR count). The molecule has 0 amide bonds. The highest BCUT2D eigenvalue weighted by molar-refractivity contribution is 9.10. The lowest BCUT2D eigenvalue weighted by atomic mass is 10.0. The van der Waals surface area contributed by atoms with Crippen LogP contribution in [0.5, 0.6) is 0 Å². The van der Waals surface area contributed by atoms with Gasteiger partial charge in [-0.15, -0.1) is 23.2 Å². The standard InChI is InChI=1S/C11H12BrCl2F3N2/c1-2-10(5-13,6-14)19-9-8(11(15,16)17)3-7(12)4-18-9/h3-4H,2,5-6H2,1H3,(H,18,19). The zero-order valence-corrected chi connectivity index (χ0v) is 13.1. The molecule has 0 saturated carbocycles. The van der Waals surface area contributed by atoms with E-state index in [1.807, 2.05) is 0 Å². The van der Waals surface area contributed by atoms with Gasteiger partial charge in [0.25, 0.3) is 0 Å². The Bertz CT molecular complexity index is 428. The molecule has 1 aromatic heterocycles. The molecule has 0 aliphatic carbocycles. The van der Waals surface area contributed by atoms with Crippen molar-refractivity contribution in [1.82, 2.24) is 4.98 Å². The molecule has 1 heterocycles. The van der Waals surface area contributed by atoms with Crippen molar-refractivity contribution in [2.45, 2.75) is 25.1 Å². The van der Waals surface area contributed by atoms with Crippen LogP contribution >= 0.6 is 39.1 Å². The monoisotopic (exact) mass is 378 g/mol. The molecule has 0 aromatic carbocycles. The molecule has 0 fully saturated rings. The predicted octanol–water partition coefficient (Wildman–Crippen LogP) is 4.90. The minimum absolute atomic E-state index is 0.0854. The topological polar surface area (TPSA) is 24.9 Å². The number of halogens is 6. The SMILES string of the molecule is CCC(CCl)(CCl)Nc1ncc(Br)cc1C(F)(F)F. The van der Waals surface area contributed by atoms with Crippen molar-refractivity contribution in [2.75, 3.05) is 17.1 Å². The fraction of sp³-hybridized carbons (Fsp3) is 0.545. The van der Waals surface area contributed by atoms with Crippen LogP contribution in [0.1, 0.15) is 18.9 Å². The molecule has 0 spiro atoms. The lowest BCUT2D eigenvalue weighted by molar-refractivity contribution is -0.137. The first-order valence-corrected chi connectivity index (χ1v) is 7.27. The predicted molar refractivity (Wildman–Crippen MR) is 75.0 cm³/mol. The summed E-state index contributed by atoms with van der Waals surface area (Å²) in [6, 6.07) is 0.970. The van der Waals surface area contributed by atoms with E-state index in [1.165, 1.54) is 6.20 Å². The summed E-state index contributed by atoms with van der Waals surface area (Å²) in [6.07, 6.45) is -2.73. The van der Waals surface area contributed by atoms with Gasteiger partial charge in [0.2, 0.25) is 0 Å². The van der Waals surface area contributed by atoms with Crippen LogP contribution in [0.2, 0.25) is 0 Å². The van der Waals surface area contributed by atoms with Crippen molar-refractivity contribution in [3.63, 3.8) is 0 Å². The summed E-state index contributed by atoms with van der Waals surface area (Å²) in [4.78, 5) is 3.78. The Labute approximate surface area is 127 Å². The van der Waals surface area contributed by atoms with Gasteiger partial charge >= 0.3 is 6.18 Å². The quantitative estimate of drug-likeness (QED) is 0.736. The summed E-state index contributed by atoms with van der Waals surface area (Å²) in [5, 5.41) is 2.73. The summed E-state index contributed by atoms with van der Waals surface area (Å²) >= 11 is 14.6. The average molecular weight is 380 g/mol. The third-order valence-corrected chi connectivity index (χ3v) is 4.19. The maximum Gasteiger partial charge on any atom is 0.419 e. The van der Waals surface area contributed by atoms with Gasteiger partial charge in [0, 0.05) is 22.4 Å². The van der Waals surface area contributed by atoms with Crippen molar-refractivity contribution in [3.8, 4) is 0 Å². The third kappa shape index (κ3) is 4.13. The smallest absolute Gasteiger partial charge is 0.362 e. The van der Waals surface area contributed by atoms with Gasteiger partial charge in [-0.3, -0.25) is 0 Å². The van der Waals surface area contributed by atoms with Crippen LogP contribution in [0.4, 0.5) is 19.0 Å². The van der Waals surface area contributed by atoms with E-state index in [-0.39, 0.29) is 22.1 Å². The number of anilines is 1. The van der Waals surface area contributed by atoms with Crippen molar-refractivity contribution in [2.24, 2.45) is 0 Å². The van der Waals surface area contributed by atoms with Crippen molar-refractivity contribution >= 4 is 44.9 Å². The lowest BCUT2D eigenvalue weighted by Crippen LogP contribution is -2.42. The molecule has 0 radical (unpaired) electrons. The molecular formula is C11H12BrCl2F3N2. The highest BCUT2D eigenvalue weighted by Gasteiger charge is 2.37. The van der Waals surface area contributed by atoms with Crippen LogP contribution in [0, 0.1) is 0 Å². The molecular weight excluding hydrogens is 368 g/mol. The van der Waals surface area contributed by atoms with Gasteiger partial charge in [0.05, 0.1) is 11.1 Å². The second-order valence-electron chi connectivity index (χ2n) is 4.07. The Balaban J connectivity index is 3.21. The Kier molecular flexibility index (Phi) is 5.77. The fourth-order valence-electron chi connectivity index (χ4n) is 1.39. The Hall–Kier alpha value is -0.200. The van der Waals surface area contributed by atoms with Crippen molar-refractivity contribution in [3.05, 3.63) is 22.3 Å². The molecule has 108 valence electrons. The average Bonchev–Trinajstić information content (AvgIpc) is 2.37. The van der Waals surface area contributed by atoms with Crippen LogP contribution in [-0.4, -0.2) is 22.3 Å². The number of nitrogens with one attached hydrogen (secondary N) is 1. The molecule has 0 atom stereocenters. The summed E-state index contributed by atoms with van der Waals surface area (Å²) in [7, 11) is 0. The van der Waals surface area contributed by atoms with Crippen molar-refractivity contribution < 1.29 is 13.2 Å². The van der Waals surface area contributed by atoms with E-state index in [0.29, 0.717) is 6.42 Å². The summed E-state index contributed by atoms with van der Waals surface area (Å²) < 4.78 is 39.1. The Morgan fingerprint density at radius 2 is 1.89 bits per heavy atom. The van der Waals surface area contributed by atoms with Gasteiger partial charge in [-0.05, 0) is 28.4 Å². The van der Waals surface area contributed by atoms with E-state index < -0.39 is 17.3 Å². The lowest BCUT2D eigenvalue weighted by Gasteiger charge is -2.31. The number of nitrogens with zero attached hydrogens (tertiary/aromatic N) is 1. The van der Waals surface area contributed by atoms with Crippen LogP contribution in [0.25, 0.3) is 0 Å². The van der Waals surface area contributed by atoms with E-state index in [0.717, 1.165) is 6.07 Å². The molecule has 1 N–H and O–H groups in total. The van der Waals surface area contributed by atoms with Gasteiger partial charge in [-0.25, -0.2) is 4.98 Å². The number of hydrogen-bond donors (Lipinski definition) is 1. The second kappa shape index (κ2) is 6.50. The second-order valence-corrected chi connectivity index (χ2v) is 5.52. The Morgan fingerprint density at radius 3 is 2.32 bits per heavy atom. The molecule has 0 saturated heterocycles. The molecule has 0 aliphatic heterocycles. The zero-order valence-electron chi connectivity index (χ0n) is 9.99. The maximum absolute atomic E-state index is 12.9. The van der Waals surface area contributed by atoms with E-state index in [2.05, 4.69) is 26.2 Å². The van der Waals surface area contributed by atoms with Crippen molar-refractivity contribution in [1.29, 1.82) is 0 Å². The fourth-order valence-corrected chi connectivity index (χ4v) is 2.51. The Morgan fingerprint density at radius 1 is 1.32 bits per heavy atom. The minimum Gasteiger partial charge on any atom is -0.362 e. The molecule has 0 unspecified atom stereocenters. The largest absolute Gasteiger partial charge is 0.419 e. The third-order valence-electron chi connectivity index (χ3n) is 2.73. The number of hydrogen-bond acceptors (Lipinski definition) is 2.